The van der Waals surface area contributed by atoms with E-state index >= 15 is 0 Å². The van der Waals surface area contributed by atoms with Gasteiger partial charge in [-0.25, -0.2) is 0 Å². The fourth-order valence-corrected chi connectivity index (χ4v) is 3.02. The average Bonchev–Trinajstić information content (AvgIpc) is 2.50. The molecule has 0 aliphatic carbocycles. The zero-order valence-electron chi connectivity index (χ0n) is 13.2. The first-order chi connectivity index (χ1) is 9.84. The molecule has 0 aromatic heterocycles. The van der Waals surface area contributed by atoms with Crippen molar-refractivity contribution in [2.75, 3.05) is 0 Å². The Morgan fingerprint density at radius 1 is 0.762 bits per heavy atom. The van der Waals surface area contributed by atoms with Crippen LogP contribution in [0.2, 0.25) is 0 Å². The van der Waals surface area contributed by atoms with E-state index in [0.29, 0.717) is 5.25 Å². The Labute approximate surface area is 160 Å². The SMILES string of the molecule is CCCCCCCCCCCCC(S)c1ccccc1.[NaH]. The molecule has 0 fully saturated rings. The summed E-state index contributed by atoms with van der Waals surface area (Å²) < 4.78 is 0. The van der Waals surface area contributed by atoms with Gasteiger partial charge in [0.05, 0.1) is 0 Å². The van der Waals surface area contributed by atoms with E-state index in [9.17, 15) is 0 Å². The molecule has 0 saturated carbocycles. The number of benzene rings is 1. The van der Waals surface area contributed by atoms with Crippen molar-refractivity contribution in [3.63, 3.8) is 0 Å². The normalized spacial score (nSPS) is 11.9. The zero-order valence-corrected chi connectivity index (χ0v) is 14.1. The number of hydrogen-bond donors (Lipinski definition) is 1. The topological polar surface area (TPSA) is 0 Å². The second-order valence-electron chi connectivity index (χ2n) is 5.90. The second-order valence-corrected chi connectivity index (χ2v) is 6.52. The van der Waals surface area contributed by atoms with E-state index in [-0.39, 0.29) is 29.6 Å². The monoisotopic (exact) mass is 316 g/mol. The quantitative estimate of drug-likeness (QED) is 0.260. The van der Waals surface area contributed by atoms with Crippen LogP contribution in [-0.4, -0.2) is 29.6 Å². The van der Waals surface area contributed by atoms with Crippen LogP contribution in [0.25, 0.3) is 0 Å². The van der Waals surface area contributed by atoms with E-state index in [4.69, 9.17) is 12.6 Å². The first-order valence-corrected chi connectivity index (χ1v) is 9.09. The van der Waals surface area contributed by atoms with Crippen LogP contribution in [0.15, 0.2) is 30.3 Å². The van der Waals surface area contributed by atoms with E-state index in [1.54, 1.807) is 0 Å². The van der Waals surface area contributed by atoms with E-state index in [2.05, 4.69) is 37.3 Å². The third-order valence-corrected chi connectivity index (χ3v) is 4.57. The van der Waals surface area contributed by atoms with Crippen LogP contribution < -0.4 is 0 Å². The van der Waals surface area contributed by atoms with Gasteiger partial charge in [-0.3, -0.25) is 0 Å². The van der Waals surface area contributed by atoms with Crippen LogP contribution >= 0.6 is 12.6 Å². The molecule has 1 rings (SSSR count). The summed E-state index contributed by atoms with van der Waals surface area (Å²) in [6, 6.07) is 10.7. The molecule has 0 radical (unpaired) electrons. The second kappa shape index (κ2) is 15.5. The van der Waals surface area contributed by atoms with Crippen LogP contribution in [0.3, 0.4) is 0 Å². The Morgan fingerprint density at radius 3 is 1.76 bits per heavy atom. The predicted octanol–water partition coefficient (Wildman–Crippen LogP) is 6.32. The van der Waals surface area contributed by atoms with E-state index in [1.807, 2.05) is 0 Å². The molecule has 0 nitrogen and oxygen atoms in total. The fraction of sp³-hybridized carbons (Fsp3) is 0.684. The Kier molecular flexibility index (Phi) is 15.9. The summed E-state index contributed by atoms with van der Waals surface area (Å²) in [5.41, 5.74) is 1.37. The van der Waals surface area contributed by atoms with Crippen LogP contribution in [-0.2, 0) is 0 Å². The first-order valence-electron chi connectivity index (χ1n) is 8.57. The van der Waals surface area contributed by atoms with Crippen LogP contribution in [0.5, 0.6) is 0 Å². The number of rotatable bonds is 12. The molecule has 1 aromatic carbocycles. The molecule has 1 atom stereocenters. The molecule has 0 heterocycles. The van der Waals surface area contributed by atoms with Gasteiger partial charge in [0.1, 0.15) is 0 Å². The molecule has 1 unspecified atom stereocenters. The average molecular weight is 317 g/mol. The molecule has 0 spiro atoms. The van der Waals surface area contributed by atoms with E-state index in [1.165, 1.54) is 76.2 Å². The van der Waals surface area contributed by atoms with Gasteiger partial charge < -0.3 is 0 Å². The summed E-state index contributed by atoms with van der Waals surface area (Å²) in [4.78, 5) is 0. The molecule has 1 aromatic rings. The van der Waals surface area contributed by atoms with Crippen LogP contribution in [0, 0.1) is 0 Å². The maximum absolute atomic E-state index is 4.71. The molecule has 0 bridgehead atoms. The minimum atomic E-state index is 0. The van der Waals surface area contributed by atoms with Gasteiger partial charge in [-0.2, -0.15) is 12.6 Å². The van der Waals surface area contributed by atoms with Crippen molar-refractivity contribution in [1.29, 1.82) is 0 Å². The minimum absolute atomic E-state index is 0. The zero-order chi connectivity index (χ0) is 14.5. The summed E-state index contributed by atoms with van der Waals surface area (Å²) in [5.74, 6) is 0. The van der Waals surface area contributed by atoms with Crippen molar-refractivity contribution in [1.82, 2.24) is 0 Å². The van der Waals surface area contributed by atoms with Crippen LogP contribution in [0.1, 0.15) is 88.4 Å². The Morgan fingerprint density at radius 2 is 1.24 bits per heavy atom. The van der Waals surface area contributed by atoms with Crippen molar-refractivity contribution in [2.45, 2.75) is 82.8 Å². The van der Waals surface area contributed by atoms with Gasteiger partial charge in [-0.05, 0) is 12.0 Å². The molecule has 116 valence electrons. The fourth-order valence-electron chi connectivity index (χ4n) is 2.67. The molecule has 0 aliphatic rings. The molecule has 2 heteroatoms. The van der Waals surface area contributed by atoms with E-state index in [0.717, 1.165) is 0 Å². The van der Waals surface area contributed by atoms with Gasteiger partial charge in [0, 0.05) is 5.25 Å². The van der Waals surface area contributed by atoms with Crippen molar-refractivity contribution in [2.24, 2.45) is 0 Å². The third kappa shape index (κ3) is 11.8. The molecular weight excluding hydrogens is 283 g/mol. The van der Waals surface area contributed by atoms with Gasteiger partial charge in [-0.15, -0.1) is 0 Å². The summed E-state index contributed by atoms with van der Waals surface area (Å²) in [6.45, 7) is 2.28. The molecular formula is C19H33NaS. The Bertz CT molecular complexity index is 313. The maximum atomic E-state index is 4.71. The summed E-state index contributed by atoms with van der Waals surface area (Å²) >= 11 is 4.71. The Balaban J connectivity index is 0.00000400. The molecule has 0 N–H and O–H groups in total. The Hall–Kier alpha value is 0.570. The van der Waals surface area contributed by atoms with Gasteiger partial charge in [0.2, 0.25) is 0 Å². The molecule has 0 amide bonds. The predicted molar refractivity (Wildman–Crippen MR) is 102 cm³/mol. The molecule has 0 aliphatic heterocycles. The third-order valence-electron chi connectivity index (χ3n) is 4.02. The van der Waals surface area contributed by atoms with Crippen molar-refractivity contribution in [3.05, 3.63) is 35.9 Å². The van der Waals surface area contributed by atoms with Crippen molar-refractivity contribution < 1.29 is 0 Å². The van der Waals surface area contributed by atoms with E-state index < -0.39 is 0 Å². The number of hydrogen-bond acceptors (Lipinski definition) is 1. The summed E-state index contributed by atoms with van der Waals surface area (Å²) in [6.07, 6.45) is 15.3. The van der Waals surface area contributed by atoms with Gasteiger partial charge in [0.15, 0.2) is 0 Å². The van der Waals surface area contributed by atoms with Crippen LogP contribution in [0.4, 0.5) is 0 Å². The first kappa shape index (κ1) is 21.6. The number of unbranched alkanes of at least 4 members (excludes halogenated alkanes) is 9. The summed E-state index contributed by atoms with van der Waals surface area (Å²) in [7, 11) is 0. The van der Waals surface area contributed by atoms with Gasteiger partial charge >= 0.3 is 29.6 Å². The van der Waals surface area contributed by atoms with Crippen molar-refractivity contribution in [3.8, 4) is 0 Å². The standard InChI is InChI=1S/C19H32S.Na.H/c1-2-3-4-5-6-7-8-9-10-14-17-19(20)18-15-12-11-13-16-18;;/h11-13,15-16,19-20H,2-10,14,17H2,1H3;;. The summed E-state index contributed by atoms with van der Waals surface area (Å²) in [5, 5.41) is 0.422. The van der Waals surface area contributed by atoms with Gasteiger partial charge in [-0.1, -0.05) is 101 Å². The molecule has 0 saturated heterocycles. The number of thiol groups is 1. The van der Waals surface area contributed by atoms with Gasteiger partial charge in [0.25, 0.3) is 0 Å². The molecule has 21 heavy (non-hydrogen) atoms. The van der Waals surface area contributed by atoms with Crippen molar-refractivity contribution >= 4 is 42.2 Å².